The van der Waals surface area contributed by atoms with Crippen LogP contribution >= 0.6 is 12.4 Å². The minimum Gasteiger partial charge on any atom is -0.492 e. The normalized spacial score (nSPS) is 20.5. The van der Waals surface area contributed by atoms with Crippen LogP contribution < -0.4 is 10.5 Å². The number of nitrogens with zero attached hydrogens (tertiary/aromatic N) is 1. The van der Waals surface area contributed by atoms with Crippen LogP contribution in [0.4, 0.5) is 0 Å². The van der Waals surface area contributed by atoms with Crippen molar-refractivity contribution in [3.63, 3.8) is 0 Å². The Morgan fingerprint density at radius 3 is 2.80 bits per heavy atom. The lowest BCUT2D eigenvalue weighted by atomic mass is 10.0. The van der Waals surface area contributed by atoms with Crippen LogP contribution in [0.1, 0.15) is 24.5 Å². The Labute approximate surface area is 128 Å². The van der Waals surface area contributed by atoms with Gasteiger partial charge in [0, 0.05) is 19.1 Å². The predicted molar refractivity (Wildman–Crippen MR) is 86.9 cm³/mol. The topological polar surface area (TPSA) is 38.5 Å². The summed E-state index contributed by atoms with van der Waals surface area (Å²) in [5.74, 6) is 1.67. The van der Waals surface area contributed by atoms with E-state index in [2.05, 4.69) is 43.9 Å². The monoisotopic (exact) mass is 298 g/mol. The van der Waals surface area contributed by atoms with E-state index in [1.807, 2.05) is 0 Å². The number of hydrogen-bond donors (Lipinski definition) is 1. The highest BCUT2D eigenvalue weighted by atomic mass is 35.5. The fraction of sp³-hybridized carbons (Fsp3) is 0.625. The number of likely N-dealkylation sites (tertiary alicyclic amines) is 1. The maximum Gasteiger partial charge on any atom is 0.122 e. The SMILES string of the molecule is Cc1ccc(C)c(OCCN2CCC(C(C)N)C2)c1.Cl. The summed E-state index contributed by atoms with van der Waals surface area (Å²) in [6, 6.07) is 6.66. The standard InChI is InChI=1S/C16H26N2O.ClH/c1-12-4-5-13(2)16(10-12)19-9-8-18-7-6-15(11-18)14(3)17;/h4-5,10,14-15H,6-9,11,17H2,1-3H3;1H. The Morgan fingerprint density at radius 2 is 2.15 bits per heavy atom. The molecule has 4 heteroatoms. The summed E-state index contributed by atoms with van der Waals surface area (Å²) >= 11 is 0. The van der Waals surface area contributed by atoms with E-state index in [0.29, 0.717) is 12.0 Å². The molecule has 1 aromatic carbocycles. The van der Waals surface area contributed by atoms with Gasteiger partial charge in [0.25, 0.3) is 0 Å². The van der Waals surface area contributed by atoms with Crippen molar-refractivity contribution in [2.45, 2.75) is 33.2 Å². The fourth-order valence-corrected chi connectivity index (χ4v) is 2.64. The van der Waals surface area contributed by atoms with Crippen molar-refractivity contribution in [1.29, 1.82) is 0 Å². The van der Waals surface area contributed by atoms with E-state index in [-0.39, 0.29) is 12.4 Å². The first kappa shape index (κ1) is 17.3. The van der Waals surface area contributed by atoms with Crippen LogP contribution in [0.3, 0.4) is 0 Å². The number of aryl methyl sites for hydroxylation is 2. The first-order valence-corrected chi connectivity index (χ1v) is 7.24. The zero-order valence-corrected chi connectivity index (χ0v) is 13.6. The van der Waals surface area contributed by atoms with Crippen LogP contribution in [0.15, 0.2) is 18.2 Å². The molecule has 1 heterocycles. The average Bonchev–Trinajstić information content (AvgIpc) is 2.82. The van der Waals surface area contributed by atoms with E-state index in [4.69, 9.17) is 10.5 Å². The molecule has 0 saturated carbocycles. The molecule has 0 radical (unpaired) electrons. The maximum atomic E-state index is 5.96. The molecule has 2 rings (SSSR count). The van der Waals surface area contributed by atoms with Crippen molar-refractivity contribution < 1.29 is 4.74 Å². The lowest BCUT2D eigenvalue weighted by Crippen LogP contribution is -2.31. The summed E-state index contributed by atoms with van der Waals surface area (Å²) in [4.78, 5) is 2.46. The number of nitrogens with two attached hydrogens (primary N) is 1. The molecule has 1 aliphatic rings. The van der Waals surface area contributed by atoms with Crippen molar-refractivity contribution in [1.82, 2.24) is 4.90 Å². The maximum absolute atomic E-state index is 5.96. The van der Waals surface area contributed by atoms with Crippen molar-refractivity contribution in [3.05, 3.63) is 29.3 Å². The van der Waals surface area contributed by atoms with Gasteiger partial charge >= 0.3 is 0 Å². The molecule has 2 unspecified atom stereocenters. The lowest BCUT2D eigenvalue weighted by molar-refractivity contribution is 0.230. The number of ether oxygens (including phenoxy) is 1. The van der Waals surface area contributed by atoms with Crippen LogP contribution in [0.2, 0.25) is 0 Å². The summed E-state index contributed by atoms with van der Waals surface area (Å²) in [7, 11) is 0. The Bertz CT molecular complexity index is 423. The summed E-state index contributed by atoms with van der Waals surface area (Å²) < 4.78 is 5.90. The smallest absolute Gasteiger partial charge is 0.122 e. The van der Waals surface area contributed by atoms with Gasteiger partial charge in [0.05, 0.1) is 0 Å². The third kappa shape index (κ3) is 4.65. The Morgan fingerprint density at radius 1 is 1.40 bits per heavy atom. The molecule has 2 atom stereocenters. The van der Waals surface area contributed by atoms with Gasteiger partial charge in [0.15, 0.2) is 0 Å². The number of halogens is 1. The molecule has 0 amide bonds. The van der Waals surface area contributed by atoms with Crippen LogP contribution in [-0.4, -0.2) is 37.2 Å². The number of benzene rings is 1. The van der Waals surface area contributed by atoms with Crippen LogP contribution in [0, 0.1) is 19.8 Å². The van der Waals surface area contributed by atoms with Crippen LogP contribution in [0.5, 0.6) is 5.75 Å². The molecule has 20 heavy (non-hydrogen) atoms. The van der Waals surface area contributed by atoms with E-state index >= 15 is 0 Å². The molecule has 3 nitrogen and oxygen atoms in total. The zero-order valence-electron chi connectivity index (χ0n) is 12.8. The molecular weight excluding hydrogens is 272 g/mol. The average molecular weight is 299 g/mol. The number of rotatable bonds is 5. The van der Waals surface area contributed by atoms with Gasteiger partial charge < -0.3 is 10.5 Å². The Kier molecular flexibility index (Phi) is 6.80. The van der Waals surface area contributed by atoms with Gasteiger partial charge in [-0.25, -0.2) is 0 Å². The van der Waals surface area contributed by atoms with Crippen LogP contribution in [-0.2, 0) is 0 Å². The third-order valence-corrected chi connectivity index (χ3v) is 4.06. The molecule has 1 fully saturated rings. The van der Waals surface area contributed by atoms with Gasteiger partial charge in [-0.2, -0.15) is 0 Å². The molecule has 114 valence electrons. The number of hydrogen-bond acceptors (Lipinski definition) is 3. The Balaban J connectivity index is 0.00000200. The second kappa shape index (κ2) is 7.87. The molecule has 1 saturated heterocycles. The van der Waals surface area contributed by atoms with Gasteiger partial charge in [-0.05, 0) is 56.8 Å². The van der Waals surface area contributed by atoms with Crippen LogP contribution in [0.25, 0.3) is 0 Å². The highest BCUT2D eigenvalue weighted by Crippen LogP contribution is 2.20. The second-order valence-electron chi connectivity index (χ2n) is 5.83. The fourth-order valence-electron chi connectivity index (χ4n) is 2.64. The predicted octanol–water partition coefficient (Wildman–Crippen LogP) is 2.77. The highest BCUT2D eigenvalue weighted by Gasteiger charge is 2.24. The summed E-state index contributed by atoms with van der Waals surface area (Å²) in [5, 5.41) is 0. The van der Waals surface area contributed by atoms with Gasteiger partial charge in [0.1, 0.15) is 12.4 Å². The third-order valence-electron chi connectivity index (χ3n) is 4.06. The molecule has 0 bridgehead atoms. The van der Waals surface area contributed by atoms with Gasteiger partial charge in [-0.1, -0.05) is 12.1 Å². The summed E-state index contributed by atoms with van der Waals surface area (Å²) in [6.45, 7) is 10.3. The van der Waals surface area contributed by atoms with Gasteiger partial charge in [0.2, 0.25) is 0 Å². The van der Waals surface area contributed by atoms with Crippen molar-refractivity contribution in [3.8, 4) is 5.75 Å². The van der Waals surface area contributed by atoms with E-state index in [1.165, 1.54) is 17.5 Å². The highest BCUT2D eigenvalue weighted by molar-refractivity contribution is 5.85. The van der Waals surface area contributed by atoms with E-state index < -0.39 is 0 Å². The Hall–Kier alpha value is -0.770. The molecule has 1 aliphatic heterocycles. The van der Waals surface area contributed by atoms with E-state index in [9.17, 15) is 0 Å². The lowest BCUT2D eigenvalue weighted by Gasteiger charge is -2.18. The van der Waals surface area contributed by atoms with Crippen molar-refractivity contribution >= 4 is 12.4 Å². The first-order chi connectivity index (χ1) is 9.06. The minimum absolute atomic E-state index is 0. The largest absolute Gasteiger partial charge is 0.492 e. The molecule has 0 aliphatic carbocycles. The molecule has 0 aromatic heterocycles. The quantitative estimate of drug-likeness (QED) is 0.908. The second-order valence-corrected chi connectivity index (χ2v) is 5.83. The minimum atomic E-state index is 0. The van der Waals surface area contributed by atoms with E-state index in [0.717, 1.165) is 32.0 Å². The molecule has 2 N–H and O–H groups in total. The molecule has 1 aromatic rings. The molecular formula is C16H27ClN2O. The summed E-state index contributed by atoms with van der Waals surface area (Å²) in [5.41, 5.74) is 8.42. The van der Waals surface area contributed by atoms with Gasteiger partial charge in [-0.3, -0.25) is 4.90 Å². The first-order valence-electron chi connectivity index (χ1n) is 7.24. The zero-order chi connectivity index (χ0) is 13.8. The molecule has 0 spiro atoms. The van der Waals surface area contributed by atoms with Crippen molar-refractivity contribution in [2.75, 3.05) is 26.2 Å². The summed E-state index contributed by atoms with van der Waals surface area (Å²) in [6.07, 6.45) is 1.22. The van der Waals surface area contributed by atoms with Gasteiger partial charge in [-0.15, -0.1) is 12.4 Å². The van der Waals surface area contributed by atoms with E-state index in [1.54, 1.807) is 0 Å². The van der Waals surface area contributed by atoms with Crippen molar-refractivity contribution in [2.24, 2.45) is 11.7 Å².